The summed E-state index contributed by atoms with van der Waals surface area (Å²) in [4.78, 5) is 13.1. The third-order valence-corrected chi connectivity index (χ3v) is 6.70. The number of carbonyl (C=O) groups is 1. The molecule has 0 aliphatic rings. The van der Waals surface area contributed by atoms with Crippen LogP contribution in [0.2, 0.25) is 5.02 Å². The molecule has 6 nitrogen and oxygen atoms in total. The summed E-state index contributed by atoms with van der Waals surface area (Å²) in [6, 6.07) is 19.2. The molecule has 0 aliphatic heterocycles. The van der Waals surface area contributed by atoms with Crippen molar-refractivity contribution in [2.24, 2.45) is 0 Å². The first-order chi connectivity index (χ1) is 16.3. The van der Waals surface area contributed by atoms with Crippen LogP contribution in [0.15, 0.2) is 83.8 Å². The molecule has 0 aromatic heterocycles. The standard InChI is InChI=1S/C26H26ClNO5S/c1-3-19-33-24-12-5-20(6-13-24)7-18-26(29)28(22-10-14-23(15-11-22)32-4-2)34(30,31)25-16-8-21(27)9-17-25/h5-18H,3-4,19H2,1-2H3/b18-7+. The summed E-state index contributed by atoms with van der Waals surface area (Å²) in [6.45, 7) is 4.96. The minimum absolute atomic E-state index is 0.0510. The Kier molecular flexibility index (Phi) is 8.73. The van der Waals surface area contributed by atoms with Gasteiger partial charge in [-0.15, -0.1) is 0 Å². The first kappa shape index (κ1) is 25.3. The van der Waals surface area contributed by atoms with Gasteiger partial charge in [0.2, 0.25) is 0 Å². The molecule has 1 amide bonds. The fraction of sp³-hybridized carbons (Fsp3) is 0.192. The van der Waals surface area contributed by atoms with Gasteiger partial charge in [-0.3, -0.25) is 4.79 Å². The molecular weight excluding hydrogens is 474 g/mol. The van der Waals surface area contributed by atoms with Gasteiger partial charge < -0.3 is 9.47 Å². The fourth-order valence-electron chi connectivity index (χ4n) is 3.07. The van der Waals surface area contributed by atoms with E-state index < -0.39 is 15.9 Å². The van der Waals surface area contributed by atoms with E-state index >= 15 is 0 Å². The zero-order valence-corrected chi connectivity index (χ0v) is 20.6. The topological polar surface area (TPSA) is 72.9 Å². The monoisotopic (exact) mass is 499 g/mol. The smallest absolute Gasteiger partial charge is 0.271 e. The van der Waals surface area contributed by atoms with E-state index in [1.807, 2.05) is 13.8 Å². The lowest BCUT2D eigenvalue weighted by Gasteiger charge is -2.21. The number of sulfonamides is 1. The van der Waals surface area contributed by atoms with E-state index in [9.17, 15) is 13.2 Å². The third-order valence-electron chi connectivity index (χ3n) is 4.71. The van der Waals surface area contributed by atoms with Gasteiger partial charge in [-0.2, -0.15) is 4.31 Å². The molecule has 0 saturated carbocycles. The van der Waals surface area contributed by atoms with E-state index in [0.717, 1.165) is 22.0 Å². The molecular formula is C26H26ClNO5S. The van der Waals surface area contributed by atoms with Crippen LogP contribution in [0.4, 0.5) is 5.69 Å². The molecule has 0 aliphatic carbocycles. The number of anilines is 1. The average Bonchev–Trinajstić information content (AvgIpc) is 2.83. The largest absolute Gasteiger partial charge is 0.494 e. The van der Waals surface area contributed by atoms with Crippen molar-refractivity contribution in [1.29, 1.82) is 0 Å². The van der Waals surface area contributed by atoms with Crippen LogP contribution in [0.1, 0.15) is 25.8 Å². The molecule has 178 valence electrons. The lowest BCUT2D eigenvalue weighted by molar-refractivity contribution is -0.113. The number of halogens is 1. The molecule has 0 saturated heterocycles. The van der Waals surface area contributed by atoms with Crippen LogP contribution in [0.5, 0.6) is 11.5 Å². The number of nitrogens with zero attached hydrogens (tertiary/aromatic N) is 1. The second-order valence-electron chi connectivity index (χ2n) is 7.24. The Balaban J connectivity index is 1.93. The highest BCUT2D eigenvalue weighted by Crippen LogP contribution is 2.27. The summed E-state index contributed by atoms with van der Waals surface area (Å²) in [7, 11) is -4.20. The van der Waals surface area contributed by atoms with Crippen molar-refractivity contribution in [3.05, 3.63) is 89.5 Å². The second-order valence-corrected chi connectivity index (χ2v) is 9.46. The number of ether oxygens (including phenoxy) is 2. The van der Waals surface area contributed by atoms with Gasteiger partial charge in [0.1, 0.15) is 11.5 Å². The highest BCUT2D eigenvalue weighted by atomic mass is 35.5. The molecule has 3 aromatic rings. The van der Waals surface area contributed by atoms with Gasteiger partial charge in [-0.1, -0.05) is 30.7 Å². The zero-order chi connectivity index (χ0) is 24.6. The molecule has 3 aromatic carbocycles. The summed E-state index contributed by atoms with van der Waals surface area (Å²) < 4.78 is 38.6. The quantitative estimate of drug-likeness (QED) is 0.322. The normalized spacial score (nSPS) is 11.4. The fourth-order valence-corrected chi connectivity index (χ4v) is 4.58. The Bertz CT molecular complexity index is 1220. The zero-order valence-electron chi connectivity index (χ0n) is 19.0. The van der Waals surface area contributed by atoms with E-state index in [2.05, 4.69) is 0 Å². The van der Waals surface area contributed by atoms with Crippen LogP contribution in [-0.4, -0.2) is 27.5 Å². The van der Waals surface area contributed by atoms with E-state index in [4.69, 9.17) is 21.1 Å². The average molecular weight is 500 g/mol. The SMILES string of the molecule is CCCOc1ccc(/C=C/C(=O)N(c2ccc(OCC)cc2)S(=O)(=O)c2ccc(Cl)cc2)cc1. The molecule has 0 unspecified atom stereocenters. The van der Waals surface area contributed by atoms with Crippen molar-refractivity contribution in [2.45, 2.75) is 25.2 Å². The highest BCUT2D eigenvalue weighted by Gasteiger charge is 2.29. The molecule has 3 rings (SSSR count). The summed E-state index contributed by atoms with van der Waals surface area (Å²) in [5, 5.41) is 0.393. The molecule has 8 heteroatoms. The number of hydrogen-bond donors (Lipinski definition) is 0. The van der Waals surface area contributed by atoms with Crippen molar-refractivity contribution in [3.63, 3.8) is 0 Å². The summed E-state index contributed by atoms with van der Waals surface area (Å²) >= 11 is 5.92. The van der Waals surface area contributed by atoms with Gasteiger partial charge in [0.05, 0.1) is 23.8 Å². The van der Waals surface area contributed by atoms with Crippen molar-refractivity contribution in [1.82, 2.24) is 0 Å². The number of benzene rings is 3. The van der Waals surface area contributed by atoms with Crippen LogP contribution in [0.3, 0.4) is 0 Å². The summed E-state index contributed by atoms with van der Waals surface area (Å²) in [6.07, 6.45) is 3.69. The summed E-state index contributed by atoms with van der Waals surface area (Å²) in [5.41, 5.74) is 0.920. The Hall–Kier alpha value is -3.29. The molecule has 0 atom stereocenters. The Morgan fingerprint density at radius 3 is 2.06 bits per heavy atom. The minimum Gasteiger partial charge on any atom is -0.494 e. The van der Waals surface area contributed by atoms with Gasteiger partial charge in [0.15, 0.2) is 0 Å². The first-order valence-corrected chi connectivity index (χ1v) is 12.7. The van der Waals surface area contributed by atoms with Gasteiger partial charge in [-0.25, -0.2) is 8.42 Å². The van der Waals surface area contributed by atoms with E-state index in [1.165, 1.54) is 42.5 Å². The Labute approximate surface area is 205 Å². The van der Waals surface area contributed by atoms with Gasteiger partial charge >= 0.3 is 0 Å². The highest BCUT2D eigenvalue weighted by molar-refractivity contribution is 7.93. The van der Waals surface area contributed by atoms with Gasteiger partial charge in [0.25, 0.3) is 15.9 Å². The Morgan fingerprint density at radius 1 is 0.882 bits per heavy atom. The van der Waals surface area contributed by atoms with Crippen molar-refractivity contribution >= 4 is 39.3 Å². The van der Waals surface area contributed by atoms with Crippen LogP contribution in [0.25, 0.3) is 6.08 Å². The molecule has 0 N–H and O–H groups in total. The van der Waals surface area contributed by atoms with Crippen LogP contribution < -0.4 is 13.8 Å². The van der Waals surface area contributed by atoms with Crippen molar-refractivity contribution in [2.75, 3.05) is 17.5 Å². The maximum Gasteiger partial charge on any atom is 0.271 e. The van der Waals surface area contributed by atoms with Gasteiger partial charge in [-0.05, 0) is 85.6 Å². The number of amides is 1. The number of rotatable bonds is 10. The van der Waals surface area contributed by atoms with Crippen LogP contribution >= 0.6 is 11.6 Å². The molecule has 0 fully saturated rings. The lowest BCUT2D eigenvalue weighted by Crippen LogP contribution is -2.35. The Morgan fingerprint density at radius 2 is 1.47 bits per heavy atom. The predicted molar refractivity (Wildman–Crippen MR) is 135 cm³/mol. The second kappa shape index (κ2) is 11.7. The predicted octanol–water partition coefficient (Wildman–Crippen LogP) is 5.96. The molecule has 0 spiro atoms. The molecule has 0 heterocycles. The van der Waals surface area contributed by atoms with Gasteiger partial charge in [0, 0.05) is 11.1 Å². The van der Waals surface area contributed by atoms with E-state index in [0.29, 0.717) is 24.0 Å². The van der Waals surface area contributed by atoms with Crippen molar-refractivity contribution < 1.29 is 22.7 Å². The molecule has 0 radical (unpaired) electrons. The minimum atomic E-state index is -4.20. The van der Waals surface area contributed by atoms with E-state index in [-0.39, 0.29) is 10.6 Å². The number of carbonyl (C=O) groups excluding carboxylic acids is 1. The molecule has 34 heavy (non-hydrogen) atoms. The number of hydrogen-bond acceptors (Lipinski definition) is 5. The maximum atomic E-state index is 13.4. The summed E-state index contributed by atoms with van der Waals surface area (Å²) in [5.74, 6) is 0.584. The lowest BCUT2D eigenvalue weighted by atomic mass is 10.2. The third kappa shape index (κ3) is 6.40. The first-order valence-electron chi connectivity index (χ1n) is 10.8. The van der Waals surface area contributed by atoms with Crippen LogP contribution in [-0.2, 0) is 14.8 Å². The van der Waals surface area contributed by atoms with Crippen LogP contribution in [0, 0.1) is 0 Å². The maximum absolute atomic E-state index is 13.4. The van der Waals surface area contributed by atoms with Crippen molar-refractivity contribution in [3.8, 4) is 11.5 Å². The van der Waals surface area contributed by atoms with E-state index in [1.54, 1.807) is 42.5 Å². The molecule has 0 bridgehead atoms.